The molecule has 1 atom stereocenters. The second-order valence-electron chi connectivity index (χ2n) is 4.58. The maximum atomic E-state index is 12.2. The van der Waals surface area contributed by atoms with Gasteiger partial charge in [0.25, 0.3) is 0 Å². The normalized spacial score (nSPS) is 14.6. The van der Waals surface area contributed by atoms with Gasteiger partial charge < -0.3 is 5.11 Å². The average molecular weight is 401 g/mol. The topological polar surface area (TPSA) is 66.4 Å². The maximum Gasteiger partial charge on any atom is 0.242 e. The van der Waals surface area contributed by atoms with Crippen LogP contribution < -0.4 is 4.72 Å². The summed E-state index contributed by atoms with van der Waals surface area (Å²) >= 11 is 6.48. The first-order valence-corrected chi connectivity index (χ1v) is 8.30. The summed E-state index contributed by atoms with van der Waals surface area (Å²) in [5, 5.41) is 9.56. The van der Waals surface area contributed by atoms with Crippen LogP contribution in [0.1, 0.15) is 20.8 Å². The molecule has 0 aliphatic carbocycles. The third-order valence-corrected chi connectivity index (χ3v) is 5.77. The Morgan fingerprint density at radius 1 is 1.33 bits per heavy atom. The highest BCUT2D eigenvalue weighted by Crippen LogP contribution is 2.26. The summed E-state index contributed by atoms with van der Waals surface area (Å²) in [6.07, 6.45) is -0.804. The van der Waals surface area contributed by atoms with E-state index < -0.39 is 21.7 Å². The second kappa shape index (κ2) is 5.58. The minimum Gasteiger partial charge on any atom is -0.391 e. The van der Waals surface area contributed by atoms with Crippen molar-refractivity contribution in [3.63, 3.8) is 0 Å². The van der Waals surface area contributed by atoms with E-state index in [1.165, 1.54) is 6.07 Å². The second-order valence-corrected chi connectivity index (χ2v) is 8.00. The van der Waals surface area contributed by atoms with Gasteiger partial charge in [-0.1, -0.05) is 15.9 Å². The van der Waals surface area contributed by atoms with Crippen molar-refractivity contribution in [1.82, 2.24) is 4.72 Å². The fourth-order valence-corrected chi connectivity index (χ4v) is 4.40. The molecule has 1 aromatic carbocycles. The third-order valence-electron chi connectivity index (χ3n) is 2.63. The van der Waals surface area contributed by atoms with E-state index in [2.05, 4.69) is 36.6 Å². The first kappa shape index (κ1) is 16.1. The van der Waals surface area contributed by atoms with Gasteiger partial charge in [-0.15, -0.1) is 0 Å². The average Bonchev–Trinajstić information content (AvgIpc) is 2.14. The Hall–Kier alpha value is 0.0500. The number of hydrogen-bond acceptors (Lipinski definition) is 3. The molecule has 1 aromatic rings. The van der Waals surface area contributed by atoms with Crippen molar-refractivity contribution >= 4 is 41.9 Å². The molecule has 0 bridgehead atoms. The minimum atomic E-state index is -3.69. The molecule has 0 saturated heterocycles. The van der Waals surface area contributed by atoms with Gasteiger partial charge in [0.15, 0.2) is 0 Å². The standard InChI is InChI=1S/C11H15Br2NO3S/c1-7(15)11(2,3)14-18(16,17)10-5-4-8(12)6-9(10)13/h4-7,14-15H,1-3H3. The Morgan fingerprint density at radius 2 is 1.89 bits per heavy atom. The van der Waals surface area contributed by atoms with Crippen LogP contribution in [0.15, 0.2) is 32.0 Å². The van der Waals surface area contributed by atoms with Crippen molar-refractivity contribution in [1.29, 1.82) is 0 Å². The zero-order valence-corrected chi connectivity index (χ0v) is 14.2. The lowest BCUT2D eigenvalue weighted by Crippen LogP contribution is -2.50. The van der Waals surface area contributed by atoms with E-state index in [-0.39, 0.29) is 4.90 Å². The van der Waals surface area contributed by atoms with Crippen molar-refractivity contribution < 1.29 is 13.5 Å². The molecule has 0 fully saturated rings. The summed E-state index contributed by atoms with van der Waals surface area (Å²) in [6.45, 7) is 4.79. The molecule has 7 heteroatoms. The molecular weight excluding hydrogens is 386 g/mol. The fourth-order valence-electron chi connectivity index (χ4n) is 1.18. The molecule has 0 radical (unpaired) electrons. The number of rotatable bonds is 4. The SMILES string of the molecule is CC(O)C(C)(C)NS(=O)(=O)c1ccc(Br)cc1Br. The summed E-state index contributed by atoms with van der Waals surface area (Å²) in [5.41, 5.74) is -0.939. The molecule has 0 aliphatic rings. The van der Waals surface area contributed by atoms with Crippen LogP contribution in [0.2, 0.25) is 0 Å². The van der Waals surface area contributed by atoms with E-state index in [0.717, 1.165) is 4.47 Å². The van der Waals surface area contributed by atoms with Crippen LogP contribution in [-0.2, 0) is 10.0 Å². The van der Waals surface area contributed by atoms with Crippen LogP contribution in [0, 0.1) is 0 Å². The highest BCUT2D eigenvalue weighted by molar-refractivity contribution is 9.11. The van der Waals surface area contributed by atoms with E-state index >= 15 is 0 Å². The Morgan fingerprint density at radius 3 is 2.33 bits per heavy atom. The van der Waals surface area contributed by atoms with Crippen LogP contribution in [0.4, 0.5) is 0 Å². The molecule has 0 amide bonds. The number of sulfonamides is 1. The van der Waals surface area contributed by atoms with Crippen molar-refractivity contribution in [3.8, 4) is 0 Å². The van der Waals surface area contributed by atoms with Gasteiger partial charge in [-0.05, 0) is 54.9 Å². The van der Waals surface area contributed by atoms with Crippen molar-refractivity contribution in [2.24, 2.45) is 0 Å². The van der Waals surface area contributed by atoms with E-state index in [0.29, 0.717) is 4.47 Å². The Bertz CT molecular complexity index is 541. The molecule has 0 heterocycles. The Kier molecular flexibility index (Phi) is 4.99. The molecule has 4 nitrogen and oxygen atoms in total. The van der Waals surface area contributed by atoms with Gasteiger partial charge in [0.2, 0.25) is 10.0 Å². The van der Waals surface area contributed by atoms with Crippen molar-refractivity contribution in [2.45, 2.75) is 37.3 Å². The summed E-state index contributed by atoms with van der Waals surface area (Å²) in [7, 11) is -3.69. The Labute approximate surface area is 124 Å². The predicted molar refractivity (Wildman–Crippen MR) is 77.9 cm³/mol. The first-order chi connectivity index (χ1) is 8.06. The largest absolute Gasteiger partial charge is 0.391 e. The number of aliphatic hydroxyl groups excluding tert-OH is 1. The van der Waals surface area contributed by atoms with Gasteiger partial charge in [0.05, 0.1) is 16.5 Å². The minimum absolute atomic E-state index is 0.138. The van der Waals surface area contributed by atoms with Crippen molar-refractivity contribution in [3.05, 3.63) is 27.1 Å². The zero-order chi connectivity index (χ0) is 14.1. The fraction of sp³-hybridized carbons (Fsp3) is 0.455. The molecule has 102 valence electrons. The summed E-state index contributed by atoms with van der Waals surface area (Å²) in [4.78, 5) is 0.138. The molecular formula is C11H15Br2NO3S. The Balaban J connectivity index is 3.15. The highest BCUT2D eigenvalue weighted by Gasteiger charge is 2.31. The lowest BCUT2D eigenvalue weighted by atomic mass is 10.0. The molecule has 1 rings (SSSR count). The van der Waals surface area contributed by atoms with E-state index in [1.54, 1.807) is 32.9 Å². The quantitative estimate of drug-likeness (QED) is 0.816. The van der Waals surface area contributed by atoms with E-state index in [1.807, 2.05) is 0 Å². The number of benzene rings is 1. The molecule has 0 saturated carbocycles. The van der Waals surface area contributed by atoms with E-state index in [4.69, 9.17) is 0 Å². The number of halogens is 2. The zero-order valence-electron chi connectivity index (χ0n) is 10.2. The van der Waals surface area contributed by atoms with Crippen LogP contribution in [0.25, 0.3) is 0 Å². The van der Waals surface area contributed by atoms with Crippen LogP contribution in [0.5, 0.6) is 0 Å². The summed E-state index contributed by atoms with van der Waals surface area (Å²) in [5.74, 6) is 0. The van der Waals surface area contributed by atoms with Gasteiger partial charge in [0, 0.05) is 8.95 Å². The van der Waals surface area contributed by atoms with E-state index in [9.17, 15) is 13.5 Å². The van der Waals surface area contributed by atoms with Gasteiger partial charge in [-0.25, -0.2) is 13.1 Å². The van der Waals surface area contributed by atoms with Gasteiger partial charge >= 0.3 is 0 Å². The highest BCUT2D eigenvalue weighted by atomic mass is 79.9. The molecule has 2 N–H and O–H groups in total. The molecule has 0 aromatic heterocycles. The first-order valence-electron chi connectivity index (χ1n) is 5.23. The van der Waals surface area contributed by atoms with Crippen LogP contribution >= 0.6 is 31.9 Å². The number of hydrogen-bond donors (Lipinski definition) is 2. The van der Waals surface area contributed by atoms with Gasteiger partial charge in [-0.3, -0.25) is 0 Å². The number of aliphatic hydroxyl groups is 1. The third kappa shape index (κ3) is 3.77. The van der Waals surface area contributed by atoms with Crippen LogP contribution in [0.3, 0.4) is 0 Å². The van der Waals surface area contributed by atoms with Crippen LogP contribution in [-0.4, -0.2) is 25.2 Å². The molecule has 18 heavy (non-hydrogen) atoms. The summed E-state index contributed by atoms with van der Waals surface area (Å²) in [6, 6.07) is 4.80. The monoisotopic (exact) mass is 399 g/mol. The van der Waals surface area contributed by atoms with Gasteiger partial charge in [-0.2, -0.15) is 0 Å². The molecule has 1 unspecified atom stereocenters. The predicted octanol–water partition coefficient (Wildman–Crippen LogP) is 2.65. The van der Waals surface area contributed by atoms with Crippen molar-refractivity contribution in [2.75, 3.05) is 0 Å². The summed E-state index contributed by atoms with van der Waals surface area (Å²) < 4.78 is 28.2. The smallest absolute Gasteiger partial charge is 0.242 e. The molecule has 0 aliphatic heterocycles. The lowest BCUT2D eigenvalue weighted by molar-refractivity contribution is 0.111. The number of nitrogens with one attached hydrogen (secondary N) is 1. The molecule has 0 spiro atoms. The maximum absolute atomic E-state index is 12.2. The lowest BCUT2D eigenvalue weighted by Gasteiger charge is -2.29. The van der Waals surface area contributed by atoms with Gasteiger partial charge in [0.1, 0.15) is 0 Å².